The molecule has 0 bridgehead atoms. The quantitative estimate of drug-likeness (QED) is 0.486. The second-order valence-corrected chi connectivity index (χ2v) is 5.69. The summed E-state index contributed by atoms with van der Waals surface area (Å²) in [5, 5.41) is 3.09. The largest absolute Gasteiger partial charge is 0.240 e. The summed E-state index contributed by atoms with van der Waals surface area (Å²) in [6.07, 6.45) is 0. The average Bonchev–Trinajstić information content (AvgIpc) is 2.45. The van der Waals surface area contributed by atoms with Crippen molar-refractivity contribution in [3.8, 4) is 0 Å². The summed E-state index contributed by atoms with van der Waals surface area (Å²) in [4.78, 5) is 5.55. The third-order valence-corrected chi connectivity index (χ3v) is 4.12. The zero-order chi connectivity index (χ0) is 13.1. The fraction of sp³-hybridized carbons (Fsp3) is 0.0625. The third-order valence-electron chi connectivity index (χ3n) is 2.88. The van der Waals surface area contributed by atoms with Gasteiger partial charge in [0.1, 0.15) is 5.15 Å². The van der Waals surface area contributed by atoms with Gasteiger partial charge >= 0.3 is 0 Å². The Kier molecular flexibility index (Phi) is 3.72. The predicted molar refractivity (Wildman–Crippen MR) is 82.8 cm³/mol. The standard InChI is InChI=1S/C16H12ClNS/c17-16-7-3-6-14(18-16)11-19-15-9-8-12-4-1-2-5-13(12)10-15/h1-10H,11H2. The summed E-state index contributed by atoms with van der Waals surface area (Å²) in [5.74, 6) is 0.832. The summed E-state index contributed by atoms with van der Waals surface area (Å²) >= 11 is 7.66. The number of hydrogen-bond donors (Lipinski definition) is 0. The summed E-state index contributed by atoms with van der Waals surface area (Å²) in [6, 6.07) is 20.6. The van der Waals surface area contributed by atoms with Crippen molar-refractivity contribution in [2.24, 2.45) is 0 Å². The van der Waals surface area contributed by atoms with Gasteiger partial charge in [0.15, 0.2) is 0 Å². The van der Waals surface area contributed by atoms with Crippen LogP contribution in [0.5, 0.6) is 0 Å². The normalized spacial score (nSPS) is 10.8. The molecule has 19 heavy (non-hydrogen) atoms. The Labute approximate surface area is 121 Å². The van der Waals surface area contributed by atoms with Gasteiger partial charge in [-0.05, 0) is 35.0 Å². The fourth-order valence-corrected chi connectivity index (χ4v) is 2.98. The monoisotopic (exact) mass is 285 g/mol. The number of rotatable bonds is 3. The Morgan fingerprint density at radius 1 is 0.895 bits per heavy atom. The van der Waals surface area contributed by atoms with E-state index in [-0.39, 0.29) is 0 Å². The Morgan fingerprint density at radius 2 is 1.74 bits per heavy atom. The Bertz CT molecular complexity index is 712. The van der Waals surface area contributed by atoms with Gasteiger partial charge in [-0.1, -0.05) is 48.0 Å². The van der Waals surface area contributed by atoms with E-state index >= 15 is 0 Å². The smallest absolute Gasteiger partial charge is 0.129 e. The molecule has 1 heterocycles. The summed E-state index contributed by atoms with van der Waals surface area (Å²) in [6.45, 7) is 0. The van der Waals surface area contributed by atoms with Crippen molar-refractivity contribution in [1.29, 1.82) is 0 Å². The Balaban J connectivity index is 1.78. The number of hydrogen-bond acceptors (Lipinski definition) is 2. The molecule has 0 aliphatic heterocycles. The maximum atomic E-state index is 5.88. The molecule has 3 rings (SSSR count). The van der Waals surface area contributed by atoms with E-state index in [0.717, 1.165) is 11.4 Å². The molecule has 0 saturated carbocycles. The molecule has 0 N–H and O–H groups in total. The average molecular weight is 286 g/mol. The molecule has 0 radical (unpaired) electrons. The maximum Gasteiger partial charge on any atom is 0.129 e. The predicted octanol–water partition coefficient (Wildman–Crippen LogP) is 5.18. The number of fused-ring (bicyclic) bond motifs is 1. The molecule has 1 aromatic heterocycles. The minimum atomic E-state index is 0.552. The van der Waals surface area contributed by atoms with Gasteiger partial charge in [-0.2, -0.15) is 0 Å². The van der Waals surface area contributed by atoms with E-state index in [4.69, 9.17) is 11.6 Å². The van der Waals surface area contributed by atoms with E-state index < -0.39 is 0 Å². The molecule has 94 valence electrons. The van der Waals surface area contributed by atoms with Crippen molar-refractivity contribution in [3.63, 3.8) is 0 Å². The molecule has 3 aromatic rings. The van der Waals surface area contributed by atoms with Gasteiger partial charge in [0.25, 0.3) is 0 Å². The number of pyridine rings is 1. The minimum absolute atomic E-state index is 0.552. The van der Waals surface area contributed by atoms with E-state index in [0.29, 0.717) is 5.15 Å². The van der Waals surface area contributed by atoms with Gasteiger partial charge in [-0.15, -0.1) is 11.8 Å². The van der Waals surface area contributed by atoms with Gasteiger partial charge in [0.05, 0.1) is 5.69 Å². The molecule has 0 atom stereocenters. The summed E-state index contributed by atoms with van der Waals surface area (Å²) < 4.78 is 0. The molecule has 2 aromatic carbocycles. The first-order valence-corrected chi connectivity index (χ1v) is 7.41. The number of benzene rings is 2. The first-order chi connectivity index (χ1) is 9.31. The van der Waals surface area contributed by atoms with E-state index in [1.165, 1.54) is 15.7 Å². The number of halogens is 1. The highest BCUT2D eigenvalue weighted by Crippen LogP contribution is 2.26. The van der Waals surface area contributed by atoms with Gasteiger partial charge < -0.3 is 0 Å². The van der Waals surface area contributed by atoms with Crippen molar-refractivity contribution < 1.29 is 0 Å². The molecular formula is C16H12ClNS. The molecule has 0 saturated heterocycles. The molecule has 0 fully saturated rings. The molecule has 1 nitrogen and oxygen atoms in total. The highest BCUT2D eigenvalue weighted by atomic mass is 35.5. The van der Waals surface area contributed by atoms with Crippen LogP contribution in [0.1, 0.15) is 5.69 Å². The van der Waals surface area contributed by atoms with Crippen LogP contribution in [0.25, 0.3) is 10.8 Å². The highest BCUT2D eigenvalue weighted by Gasteiger charge is 2.00. The van der Waals surface area contributed by atoms with Crippen LogP contribution >= 0.6 is 23.4 Å². The van der Waals surface area contributed by atoms with Crippen LogP contribution in [0, 0.1) is 0 Å². The van der Waals surface area contributed by atoms with E-state index in [9.17, 15) is 0 Å². The van der Waals surface area contributed by atoms with Crippen molar-refractivity contribution in [3.05, 3.63) is 71.5 Å². The fourth-order valence-electron chi connectivity index (χ4n) is 1.95. The van der Waals surface area contributed by atoms with Crippen LogP contribution in [0.3, 0.4) is 0 Å². The Morgan fingerprint density at radius 3 is 2.58 bits per heavy atom. The number of thioether (sulfide) groups is 1. The van der Waals surface area contributed by atoms with Gasteiger partial charge in [0.2, 0.25) is 0 Å². The van der Waals surface area contributed by atoms with Crippen LogP contribution < -0.4 is 0 Å². The molecular weight excluding hydrogens is 274 g/mol. The van der Waals surface area contributed by atoms with E-state index in [1.807, 2.05) is 12.1 Å². The van der Waals surface area contributed by atoms with Crippen LogP contribution in [0.2, 0.25) is 5.15 Å². The van der Waals surface area contributed by atoms with Crippen LogP contribution in [0.15, 0.2) is 65.6 Å². The molecule has 0 aliphatic rings. The number of nitrogens with zero attached hydrogens (tertiary/aromatic N) is 1. The van der Waals surface area contributed by atoms with E-state index in [1.54, 1.807) is 17.8 Å². The zero-order valence-electron chi connectivity index (χ0n) is 10.2. The molecule has 3 heteroatoms. The first kappa shape index (κ1) is 12.5. The molecule has 0 spiro atoms. The van der Waals surface area contributed by atoms with Crippen molar-refractivity contribution in [1.82, 2.24) is 4.98 Å². The molecule has 0 unspecified atom stereocenters. The van der Waals surface area contributed by atoms with Crippen LogP contribution in [0.4, 0.5) is 0 Å². The highest BCUT2D eigenvalue weighted by molar-refractivity contribution is 7.98. The Hall–Kier alpha value is -1.51. The minimum Gasteiger partial charge on any atom is -0.240 e. The van der Waals surface area contributed by atoms with Crippen LogP contribution in [-0.2, 0) is 5.75 Å². The SMILES string of the molecule is Clc1cccc(CSc2ccc3ccccc3c2)n1. The second-order valence-electron chi connectivity index (χ2n) is 4.25. The lowest BCUT2D eigenvalue weighted by Crippen LogP contribution is -1.86. The summed E-state index contributed by atoms with van der Waals surface area (Å²) in [7, 11) is 0. The van der Waals surface area contributed by atoms with E-state index in [2.05, 4.69) is 47.4 Å². The van der Waals surface area contributed by atoms with Gasteiger partial charge in [0, 0.05) is 10.6 Å². The van der Waals surface area contributed by atoms with Crippen molar-refractivity contribution in [2.75, 3.05) is 0 Å². The van der Waals surface area contributed by atoms with Crippen LogP contribution in [-0.4, -0.2) is 4.98 Å². The lowest BCUT2D eigenvalue weighted by Gasteiger charge is -2.04. The lowest BCUT2D eigenvalue weighted by atomic mass is 10.1. The molecule has 0 aliphatic carbocycles. The molecule has 0 amide bonds. The number of aromatic nitrogens is 1. The van der Waals surface area contributed by atoms with Gasteiger partial charge in [-0.25, -0.2) is 4.98 Å². The lowest BCUT2D eigenvalue weighted by molar-refractivity contribution is 1.17. The second kappa shape index (κ2) is 5.64. The van der Waals surface area contributed by atoms with Gasteiger partial charge in [-0.3, -0.25) is 0 Å². The zero-order valence-corrected chi connectivity index (χ0v) is 11.8. The third kappa shape index (κ3) is 3.09. The maximum absolute atomic E-state index is 5.88. The van der Waals surface area contributed by atoms with Crippen molar-refractivity contribution in [2.45, 2.75) is 10.6 Å². The topological polar surface area (TPSA) is 12.9 Å². The summed E-state index contributed by atoms with van der Waals surface area (Å²) in [5.41, 5.74) is 1.01. The first-order valence-electron chi connectivity index (χ1n) is 6.04. The van der Waals surface area contributed by atoms with Crippen molar-refractivity contribution >= 4 is 34.1 Å².